The molecule has 12 heteroatoms. The Labute approximate surface area is 179 Å². The minimum atomic E-state index is -0.607. The quantitative estimate of drug-likeness (QED) is 0.357. The van der Waals surface area contributed by atoms with Gasteiger partial charge in [-0.25, -0.2) is 10.1 Å². The molecule has 0 saturated carbocycles. The van der Waals surface area contributed by atoms with Crippen LogP contribution in [0.4, 0.5) is 5.82 Å². The second kappa shape index (κ2) is 8.31. The van der Waals surface area contributed by atoms with Crippen LogP contribution < -0.4 is 11.2 Å². The highest BCUT2D eigenvalue weighted by atomic mass is 35.5. The Balaban J connectivity index is 1.68. The fourth-order valence-corrected chi connectivity index (χ4v) is 2.97. The van der Waals surface area contributed by atoms with Crippen LogP contribution in [0, 0.1) is 0 Å². The Morgan fingerprint density at radius 3 is 2.67 bits per heavy atom. The molecule has 2 aromatic carbocycles. The smallest absolute Gasteiger partial charge is 0.294 e. The zero-order valence-electron chi connectivity index (χ0n) is 15.0. The first-order valence-corrected chi connectivity index (χ1v) is 9.19. The molecule has 0 aliphatic carbocycles. The van der Waals surface area contributed by atoms with Crippen LogP contribution in [0.3, 0.4) is 0 Å². The van der Waals surface area contributed by atoms with Gasteiger partial charge in [0.25, 0.3) is 5.91 Å². The number of benzene rings is 2. The SMILES string of the molecule is Nc1nonc1-n1nnc(C(=O)N/N=C/c2cccc(Cl)c2Cl)c1-c1ccccc1. The van der Waals surface area contributed by atoms with Crippen molar-refractivity contribution >= 4 is 41.1 Å². The predicted octanol–water partition coefficient (Wildman–Crippen LogP) is 2.97. The lowest BCUT2D eigenvalue weighted by Gasteiger charge is -2.05. The van der Waals surface area contributed by atoms with E-state index in [9.17, 15) is 4.79 Å². The van der Waals surface area contributed by atoms with Crippen LogP contribution in [0.15, 0.2) is 58.3 Å². The number of hydrogen-bond donors (Lipinski definition) is 2. The molecule has 30 heavy (non-hydrogen) atoms. The number of nitrogen functional groups attached to an aromatic ring is 1. The van der Waals surface area contributed by atoms with Crippen molar-refractivity contribution in [2.24, 2.45) is 5.10 Å². The number of nitrogens with zero attached hydrogens (tertiary/aromatic N) is 6. The predicted molar refractivity (Wildman–Crippen MR) is 111 cm³/mol. The summed E-state index contributed by atoms with van der Waals surface area (Å²) in [4.78, 5) is 12.8. The van der Waals surface area contributed by atoms with E-state index in [-0.39, 0.29) is 17.3 Å². The third kappa shape index (κ3) is 3.73. The second-order valence-corrected chi connectivity index (χ2v) is 6.66. The Kier molecular flexibility index (Phi) is 5.42. The molecule has 150 valence electrons. The summed E-state index contributed by atoms with van der Waals surface area (Å²) in [7, 11) is 0. The molecular weight excluding hydrogens is 431 g/mol. The number of nitrogens with two attached hydrogens (primary N) is 1. The van der Waals surface area contributed by atoms with Crippen LogP contribution in [0.1, 0.15) is 16.1 Å². The summed E-state index contributed by atoms with van der Waals surface area (Å²) in [6.45, 7) is 0. The molecule has 0 atom stereocenters. The van der Waals surface area contributed by atoms with Gasteiger partial charge >= 0.3 is 0 Å². The van der Waals surface area contributed by atoms with E-state index in [0.29, 0.717) is 26.9 Å². The first-order chi connectivity index (χ1) is 14.6. The number of carbonyl (C=O) groups excluding carboxylic acids is 1. The topological polar surface area (TPSA) is 137 Å². The summed E-state index contributed by atoms with van der Waals surface area (Å²) in [6, 6.07) is 14.1. The summed E-state index contributed by atoms with van der Waals surface area (Å²) < 4.78 is 5.91. The first kappa shape index (κ1) is 19.6. The van der Waals surface area contributed by atoms with Crippen molar-refractivity contribution < 1.29 is 9.42 Å². The summed E-state index contributed by atoms with van der Waals surface area (Å²) in [5, 5.41) is 19.8. The van der Waals surface area contributed by atoms with E-state index in [0.717, 1.165) is 0 Å². The normalized spacial score (nSPS) is 11.1. The van der Waals surface area contributed by atoms with E-state index in [1.54, 1.807) is 42.5 Å². The van der Waals surface area contributed by atoms with Crippen LogP contribution in [0.2, 0.25) is 10.0 Å². The molecule has 0 aliphatic heterocycles. The molecule has 0 saturated heterocycles. The van der Waals surface area contributed by atoms with E-state index < -0.39 is 5.91 Å². The van der Waals surface area contributed by atoms with Crippen LogP contribution in [-0.2, 0) is 0 Å². The maximum atomic E-state index is 12.8. The highest BCUT2D eigenvalue weighted by Gasteiger charge is 2.24. The Hall–Kier alpha value is -3.76. The number of aromatic nitrogens is 5. The third-order valence-corrected chi connectivity index (χ3v) is 4.81. The standard InChI is InChI=1S/C18H12Cl2N8O2/c19-12-8-4-7-11(13(12)20)9-22-24-18(29)14-15(10-5-2-1-3-6-10)28(27-23-14)17-16(21)25-30-26-17/h1-9H,(H2,21,25)(H,24,29)/b22-9+. The van der Waals surface area contributed by atoms with Crippen molar-refractivity contribution in [3.63, 3.8) is 0 Å². The van der Waals surface area contributed by atoms with Gasteiger partial charge in [-0.05, 0) is 16.4 Å². The maximum absolute atomic E-state index is 12.8. The lowest BCUT2D eigenvalue weighted by Crippen LogP contribution is -2.19. The molecule has 0 spiro atoms. The third-order valence-electron chi connectivity index (χ3n) is 3.98. The molecule has 2 aromatic heterocycles. The van der Waals surface area contributed by atoms with Gasteiger partial charge < -0.3 is 5.73 Å². The van der Waals surface area contributed by atoms with Gasteiger partial charge in [-0.3, -0.25) is 4.79 Å². The molecule has 4 rings (SSSR count). The fourth-order valence-electron chi connectivity index (χ4n) is 2.61. The number of anilines is 1. The largest absolute Gasteiger partial charge is 0.378 e. The van der Waals surface area contributed by atoms with Crippen LogP contribution >= 0.6 is 23.2 Å². The molecule has 1 amide bonds. The zero-order chi connectivity index (χ0) is 21.1. The van der Waals surface area contributed by atoms with Crippen molar-refractivity contribution in [3.8, 4) is 17.1 Å². The monoisotopic (exact) mass is 442 g/mol. The van der Waals surface area contributed by atoms with Gasteiger partial charge in [0.2, 0.25) is 11.6 Å². The molecule has 0 fully saturated rings. The fraction of sp³-hybridized carbons (Fsp3) is 0. The molecule has 4 aromatic rings. The Morgan fingerprint density at radius 1 is 1.13 bits per heavy atom. The number of hydrogen-bond acceptors (Lipinski definition) is 8. The number of halogens is 2. The van der Waals surface area contributed by atoms with Crippen molar-refractivity contribution in [1.82, 2.24) is 30.7 Å². The minimum absolute atomic E-state index is 0.00191. The van der Waals surface area contributed by atoms with E-state index >= 15 is 0 Å². The van der Waals surface area contributed by atoms with Crippen molar-refractivity contribution in [1.29, 1.82) is 0 Å². The van der Waals surface area contributed by atoms with Crippen molar-refractivity contribution in [3.05, 3.63) is 69.8 Å². The summed E-state index contributed by atoms with van der Waals surface area (Å²) in [6.07, 6.45) is 1.37. The Morgan fingerprint density at radius 2 is 1.93 bits per heavy atom. The highest BCUT2D eigenvalue weighted by molar-refractivity contribution is 6.43. The average Bonchev–Trinajstić information content (AvgIpc) is 3.37. The zero-order valence-corrected chi connectivity index (χ0v) is 16.5. The van der Waals surface area contributed by atoms with Gasteiger partial charge in [-0.1, -0.05) is 70.9 Å². The van der Waals surface area contributed by atoms with Gasteiger partial charge in [-0.15, -0.1) is 5.10 Å². The summed E-state index contributed by atoms with van der Waals surface area (Å²) in [5.74, 6) is -0.503. The van der Waals surface area contributed by atoms with E-state index in [2.05, 4.69) is 35.8 Å². The highest BCUT2D eigenvalue weighted by Crippen LogP contribution is 2.26. The van der Waals surface area contributed by atoms with E-state index in [1.165, 1.54) is 10.9 Å². The van der Waals surface area contributed by atoms with Crippen LogP contribution in [0.5, 0.6) is 0 Å². The number of rotatable bonds is 5. The first-order valence-electron chi connectivity index (χ1n) is 8.43. The molecule has 0 unspecified atom stereocenters. The molecule has 2 heterocycles. The molecule has 0 aliphatic rings. The molecule has 3 N–H and O–H groups in total. The lowest BCUT2D eigenvalue weighted by molar-refractivity contribution is 0.0950. The van der Waals surface area contributed by atoms with Crippen LogP contribution in [0.25, 0.3) is 17.1 Å². The van der Waals surface area contributed by atoms with Crippen molar-refractivity contribution in [2.45, 2.75) is 0 Å². The van der Waals surface area contributed by atoms with Crippen molar-refractivity contribution in [2.75, 3.05) is 5.73 Å². The second-order valence-electron chi connectivity index (χ2n) is 5.88. The molecule has 0 radical (unpaired) electrons. The van der Waals surface area contributed by atoms with Gasteiger partial charge in [0.15, 0.2) is 5.69 Å². The minimum Gasteiger partial charge on any atom is -0.378 e. The molecule has 0 bridgehead atoms. The summed E-state index contributed by atoms with van der Waals surface area (Å²) >= 11 is 12.1. The van der Waals surface area contributed by atoms with Gasteiger partial charge in [-0.2, -0.15) is 9.78 Å². The van der Waals surface area contributed by atoms with E-state index in [1.807, 2.05) is 6.07 Å². The molecular formula is C18H12Cl2N8O2. The molecule has 10 nitrogen and oxygen atoms in total. The summed E-state index contributed by atoms with van der Waals surface area (Å²) in [5.41, 5.74) is 9.70. The van der Waals surface area contributed by atoms with E-state index in [4.69, 9.17) is 28.9 Å². The number of hydrazone groups is 1. The maximum Gasteiger partial charge on any atom is 0.294 e. The van der Waals surface area contributed by atoms with Crippen LogP contribution in [-0.4, -0.2) is 37.4 Å². The van der Waals surface area contributed by atoms with Gasteiger partial charge in [0.1, 0.15) is 5.69 Å². The van der Waals surface area contributed by atoms with Gasteiger partial charge in [0.05, 0.1) is 16.3 Å². The number of amides is 1. The average molecular weight is 443 g/mol. The van der Waals surface area contributed by atoms with Gasteiger partial charge in [0, 0.05) is 11.1 Å². The Bertz CT molecular complexity index is 1240. The number of nitrogens with one attached hydrogen (secondary N) is 1. The lowest BCUT2D eigenvalue weighted by atomic mass is 10.1. The number of carbonyl (C=O) groups is 1.